The maximum atomic E-state index is 12.8. The number of rotatable bonds is 5. The second-order valence-corrected chi connectivity index (χ2v) is 8.18. The van der Waals surface area contributed by atoms with E-state index in [0.29, 0.717) is 29.1 Å². The van der Waals surface area contributed by atoms with E-state index in [-0.39, 0.29) is 11.6 Å². The standard InChI is InChI=1S/C25H23F3N4O/c1-15-4-5-18(10-16(15)2)11-23-30-22(12-24(33)31-23)20-13-29-32(14-20)17(3)19-6-8-21(9-7-19)25(26,27)28/h4-10,12-14,17H,11H2,1-3H3,(H,30,31,33). The predicted octanol–water partition coefficient (Wildman–Crippen LogP) is 5.47. The van der Waals surface area contributed by atoms with Gasteiger partial charge in [-0.2, -0.15) is 18.3 Å². The van der Waals surface area contributed by atoms with Gasteiger partial charge in [0.05, 0.1) is 23.5 Å². The Balaban J connectivity index is 1.57. The van der Waals surface area contributed by atoms with Crippen LogP contribution >= 0.6 is 0 Å². The topological polar surface area (TPSA) is 63.6 Å². The zero-order chi connectivity index (χ0) is 23.8. The Morgan fingerprint density at radius 3 is 2.42 bits per heavy atom. The highest BCUT2D eigenvalue weighted by Crippen LogP contribution is 2.30. The molecule has 4 aromatic rings. The number of benzene rings is 2. The van der Waals surface area contributed by atoms with E-state index in [1.54, 1.807) is 17.1 Å². The summed E-state index contributed by atoms with van der Waals surface area (Å²) in [5.41, 5.74) is 4.29. The summed E-state index contributed by atoms with van der Waals surface area (Å²) in [6.45, 7) is 5.93. The van der Waals surface area contributed by atoms with E-state index < -0.39 is 11.7 Å². The highest BCUT2D eigenvalue weighted by molar-refractivity contribution is 5.56. The fraction of sp³-hybridized carbons (Fsp3) is 0.240. The number of alkyl halides is 3. The van der Waals surface area contributed by atoms with Gasteiger partial charge in [-0.05, 0) is 55.2 Å². The lowest BCUT2D eigenvalue weighted by atomic mass is 10.0. The van der Waals surface area contributed by atoms with Crippen LogP contribution < -0.4 is 5.56 Å². The second kappa shape index (κ2) is 8.69. The Morgan fingerprint density at radius 2 is 1.76 bits per heavy atom. The van der Waals surface area contributed by atoms with Gasteiger partial charge in [0.2, 0.25) is 0 Å². The molecule has 1 unspecified atom stereocenters. The van der Waals surface area contributed by atoms with Gasteiger partial charge in [0.25, 0.3) is 5.56 Å². The van der Waals surface area contributed by atoms with Crippen LogP contribution in [0.4, 0.5) is 13.2 Å². The van der Waals surface area contributed by atoms with Crippen LogP contribution in [-0.2, 0) is 12.6 Å². The van der Waals surface area contributed by atoms with Crippen molar-refractivity contribution < 1.29 is 13.2 Å². The molecule has 0 spiro atoms. The average molecular weight is 452 g/mol. The predicted molar refractivity (Wildman–Crippen MR) is 120 cm³/mol. The molecule has 5 nitrogen and oxygen atoms in total. The van der Waals surface area contributed by atoms with Gasteiger partial charge in [0.15, 0.2) is 0 Å². The molecule has 2 aromatic carbocycles. The Labute approximate surface area is 188 Å². The molecule has 0 saturated carbocycles. The summed E-state index contributed by atoms with van der Waals surface area (Å²) in [6, 6.07) is 12.3. The normalized spacial score (nSPS) is 12.7. The Kier molecular flexibility index (Phi) is 5.93. The monoisotopic (exact) mass is 452 g/mol. The molecule has 2 aromatic heterocycles. The summed E-state index contributed by atoms with van der Waals surface area (Å²) in [5, 5.41) is 4.35. The van der Waals surface area contributed by atoms with Crippen LogP contribution in [0.3, 0.4) is 0 Å². The van der Waals surface area contributed by atoms with E-state index in [2.05, 4.69) is 21.1 Å². The van der Waals surface area contributed by atoms with Crippen LogP contribution in [0.2, 0.25) is 0 Å². The smallest absolute Gasteiger partial charge is 0.310 e. The molecule has 2 heterocycles. The van der Waals surface area contributed by atoms with Gasteiger partial charge in [-0.25, -0.2) is 4.98 Å². The van der Waals surface area contributed by atoms with Crippen molar-refractivity contribution in [2.24, 2.45) is 0 Å². The lowest BCUT2D eigenvalue weighted by Crippen LogP contribution is -2.11. The van der Waals surface area contributed by atoms with Crippen molar-refractivity contribution in [3.05, 3.63) is 105 Å². The van der Waals surface area contributed by atoms with E-state index in [0.717, 1.165) is 17.7 Å². The number of nitrogens with zero attached hydrogens (tertiary/aromatic N) is 3. The van der Waals surface area contributed by atoms with E-state index in [9.17, 15) is 18.0 Å². The van der Waals surface area contributed by atoms with Gasteiger partial charge in [-0.3, -0.25) is 9.48 Å². The molecule has 0 aliphatic carbocycles. The zero-order valence-electron chi connectivity index (χ0n) is 18.4. The lowest BCUT2D eigenvalue weighted by Gasteiger charge is -2.14. The van der Waals surface area contributed by atoms with E-state index in [1.165, 1.54) is 29.3 Å². The second-order valence-electron chi connectivity index (χ2n) is 8.18. The Bertz CT molecular complexity index is 1340. The molecular formula is C25H23F3N4O. The van der Waals surface area contributed by atoms with Crippen molar-refractivity contribution in [2.75, 3.05) is 0 Å². The van der Waals surface area contributed by atoms with Crippen LogP contribution in [0.1, 0.15) is 46.6 Å². The van der Waals surface area contributed by atoms with Crippen LogP contribution in [-0.4, -0.2) is 19.7 Å². The molecule has 0 saturated heterocycles. The van der Waals surface area contributed by atoms with E-state index in [4.69, 9.17) is 0 Å². The van der Waals surface area contributed by atoms with Crippen LogP contribution in [0.25, 0.3) is 11.3 Å². The maximum absolute atomic E-state index is 12.8. The van der Waals surface area contributed by atoms with Crippen molar-refractivity contribution in [1.29, 1.82) is 0 Å². The zero-order valence-corrected chi connectivity index (χ0v) is 18.4. The molecule has 170 valence electrons. The minimum absolute atomic E-state index is 0.262. The van der Waals surface area contributed by atoms with Crippen molar-refractivity contribution in [3.63, 3.8) is 0 Å². The first-order valence-corrected chi connectivity index (χ1v) is 10.5. The van der Waals surface area contributed by atoms with Crippen molar-refractivity contribution >= 4 is 0 Å². The van der Waals surface area contributed by atoms with Gasteiger partial charge < -0.3 is 4.98 Å². The number of hydrogen-bond donors (Lipinski definition) is 1. The quantitative estimate of drug-likeness (QED) is 0.437. The number of aromatic amines is 1. The molecule has 0 bridgehead atoms. The van der Waals surface area contributed by atoms with E-state index in [1.807, 2.05) is 32.9 Å². The minimum atomic E-state index is -4.37. The van der Waals surface area contributed by atoms with Crippen molar-refractivity contribution in [2.45, 2.75) is 39.4 Å². The van der Waals surface area contributed by atoms with Crippen LogP contribution in [0, 0.1) is 13.8 Å². The molecule has 33 heavy (non-hydrogen) atoms. The first kappa shape index (κ1) is 22.5. The molecule has 4 rings (SSSR count). The molecule has 0 amide bonds. The fourth-order valence-electron chi connectivity index (χ4n) is 3.63. The molecule has 1 atom stereocenters. The first-order valence-electron chi connectivity index (χ1n) is 10.5. The summed E-state index contributed by atoms with van der Waals surface area (Å²) in [7, 11) is 0. The van der Waals surface area contributed by atoms with Gasteiger partial charge in [0, 0.05) is 24.2 Å². The number of nitrogens with one attached hydrogen (secondary N) is 1. The molecule has 0 aliphatic heterocycles. The summed E-state index contributed by atoms with van der Waals surface area (Å²) >= 11 is 0. The lowest BCUT2D eigenvalue weighted by molar-refractivity contribution is -0.137. The van der Waals surface area contributed by atoms with Crippen LogP contribution in [0.15, 0.2) is 65.7 Å². The van der Waals surface area contributed by atoms with Crippen LogP contribution in [0.5, 0.6) is 0 Å². The van der Waals surface area contributed by atoms with Gasteiger partial charge in [-0.1, -0.05) is 30.3 Å². The number of aromatic nitrogens is 4. The van der Waals surface area contributed by atoms with Crippen molar-refractivity contribution in [1.82, 2.24) is 19.7 Å². The number of H-pyrrole nitrogens is 1. The summed E-state index contributed by atoms with van der Waals surface area (Å²) in [4.78, 5) is 19.6. The number of halogens is 3. The molecule has 8 heteroatoms. The highest BCUT2D eigenvalue weighted by atomic mass is 19.4. The van der Waals surface area contributed by atoms with Gasteiger partial charge in [-0.15, -0.1) is 0 Å². The summed E-state index contributed by atoms with van der Waals surface area (Å²) in [6.07, 6.45) is -0.548. The fourth-order valence-corrected chi connectivity index (χ4v) is 3.63. The number of aryl methyl sites for hydroxylation is 2. The van der Waals surface area contributed by atoms with Crippen molar-refractivity contribution in [3.8, 4) is 11.3 Å². The highest BCUT2D eigenvalue weighted by Gasteiger charge is 2.30. The number of hydrogen-bond acceptors (Lipinski definition) is 3. The largest absolute Gasteiger partial charge is 0.416 e. The SMILES string of the molecule is Cc1ccc(Cc2nc(-c3cnn(C(C)c4ccc(C(F)(F)F)cc4)c3)cc(=O)[nH]2)cc1C. The average Bonchev–Trinajstić information content (AvgIpc) is 3.25. The maximum Gasteiger partial charge on any atom is 0.416 e. The summed E-state index contributed by atoms with van der Waals surface area (Å²) < 4.78 is 40.1. The Hall–Kier alpha value is -3.68. The first-order chi connectivity index (χ1) is 15.6. The molecular weight excluding hydrogens is 429 g/mol. The third-order valence-corrected chi connectivity index (χ3v) is 5.75. The molecule has 0 aliphatic rings. The molecule has 0 fully saturated rings. The molecule has 0 radical (unpaired) electrons. The summed E-state index contributed by atoms with van der Waals surface area (Å²) in [5.74, 6) is 0.546. The molecule has 1 N–H and O–H groups in total. The van der Waals surface area contributed by atoms with Gasteiger partial charge in [0.1, 0.15) is 5.82 Å². The van der Waals surface area contributed by atoms with Gasteiger partial charge >= 0.3 is 6.18 Å². The minimum Gasteiger partial charge on any atom is -0.310 e. The third kappa shape index (κ3) is 5.05. The van der Waals surface area contributed by atoms with E-state index >= 15 is 0 Å². The Morgan fingerprint density at radius 1 is 1.03 bits per heavy atom. The third-order valence-electron chi connectivity index (χ3n) is 5.75.